The van der Waals surface area contributed by atoms with Gasteiger partial charge in [0.05, 0.1) is 6.54 Å². The lowest BCUT2D eigenvalue weighted by Crippen LogP contribution is -2.48. The summed E-state index contributed by atoms with van der Waals surface area (Å²) in [5, 5.41) is 3.20. The molecule has 0 bridgehead atoms. The third-order valence-corrected chi connectivity index (χ3v) is 6.59. The van der Waals surface area contributed by atoms with Crippen LogP contribution in [0.3, 0.4) is 0 Å². The van der Waals surface area contributed by atoms with Crippen molar-refractivity contribution in [1.29, 1.82) is 0 Å². The Morgan fingerprint density at radius 1 is 0.871 bits per heavy atom. The van der Waals surface area contributed by atoms with Gasteiger partial charge in [0, 0.05) is 32.1 Å². The summed E-state index contributed by atoms with van der Waals surface area (Å²) >= 11 is 0. The quantitative estimate of drug-likeness (QED) is 0.750. The van der Waals surface area contributed by atoms with Crippen molar-refractivity contribution in [2.24, 2.45) is 0 Å². The molecule has 0 radical (unpaired) electrons. The highest BCUT2D eigenvalue weighted by molar-refractivity contribution is 5.79. The van der Waals surface area contributed by atoms with E-state index < -0.39 is 0 Å². The normalized spacial score (nSPS) is 20.0. The first kappa shape index (κ1) is 21.6. The number of aryl methyl sites for hydroxylation is 1. The Kier molecular flexibility index (Phi) is 7.36. The Bertz CT molecular complexity index is 847. The first-order valence-electron chi connectivity index (χ1n) is 11.6. The van der Waals surface area contributed by atoms with Gasteiger partial charge >= 0.3 is 0 Å². The number of hydrogen-bond donors (Lipinski definition) is 1. The maximum absolute atomic E-state index is 12.6. The van der Waals surface area contributed by atoms with Crippen LogP contribution in [0.25, 0.3) is 0 Å². The molecule has 0 saturated carbocycles. The van der Waals surface area contributed by atoms with Gasteiger partial charge in [-0.2, -0.15) is 0 Å². The second-order valence-corrected chi connectivity index (χ2v) is 8.84. The summed E-state index contributed by atoms with van der Waals surface area (Å²) in [7, 11) is 0. The van der Waals surface area contributed by atoms with Gasteiger partial charge in [0.1, 0.15) is 0 Å². The predicted octanol–water partition coefficient (Wildman–Crippen LogP) is 3.22. The van der Waals surface area contributed by atoms with E-state index in [2.05, 4.69) is 46.6 Å². The van der Waals surface area contributed by atoms with E-state index >= 15 is 0 Å². The third-order valence-electron chi connectivity index (χ3n) is 6.59. The minimum atomic E-state index is 0.113. The van der Waals surface area contributed by atoms with Crippen molar-refractivity contribution in [3.63, 3.8) is 0 Å². The molecular weight excluding hydrogens is 386 g/mol. The van der Waals surface area contributed by atoms with Crippen molar-refractivity contribution in [2.45, 2.75) is 44.1 Å². The number of nitrogens with zero attached hydrogens (tertiary/aromatic N) is 2. The molecule has 2 aromatic carbocycles. The van der Waals surface area contributed by atoms with Gasteiger partial charge in [-0.15, -0.1) is 0 Å². The van der Waals surface area contributed by atoms with E-state index in [1.807, 2.05) is 29.2 Å². The maximum atomic E-state index is 12.6. The lowest BCUT2D eigenvalue weighted by atomic mass is 9.99. The molecule has 5 nitrogen and oxygen atoms in total. The highest BCUT2D eigenvalue weighted by atomic mass is 16.2. The van der Waals surface area contributed by atoms with Crippen molar-refractivity contribution in [3.8, 4) is 0 Å². The summed E-state index contributed by atoms with van der Waals surface area (Å²) in [6.45, 7) is 3.86. The highest BCUT2D eigenvalue weighted by Gasteiger charge is 2.27. The number of amides is 2. The number of carbonyl (C=O) groups is 2. The van der Waals surface area contributed by atoms with Crippen LogP contribution in [-0.4, -0.2) is 60.4 Å². The van der Waals surface area contributed by atoms with E-state index in [9.17, 15) is 9.59 Å². The van der Waals surface area contributed by atoms with Crippen LogP contribution in [0.1, 0.15) is 42.7 Å². The molecule has 2 aliphatic heterocycles. The van der Waals surface area contributed by atoms with E-state index in [-0.39, 0.29) is 17.9 Å². The molecule has 0 aromatic heterocycles. The summed E-state index contributed by atoms with van der Waals surface area (Å²) in [6, 6.07) is 20.9. The molecule has 0 unspecified atom stereocenters. The smallest absolute Gasteiger partial charge is 0.234 e. The van der Waals surface area contributed by atoms with Crippen molar-refractivity contribution in [3.05, 3.63) is 71.8 Å². The van der Waals surface area contributed by atoms with Gasteiger partial charge in [0.25, 0.3) is 0 Å². The summed E-state index contributed by atoms with van der Waals surface area (Å²) in [5.74, 6) is 0.861. The van der Waals surface area contributed by atoms with E-state index in [1.54, 1.807) is 0 Å². The average Bonchev–Trinajstić information content (AvgIpc) is 3.27. The number of likely N-dealkylation sites (tertiary alicyclic amines) is 2. The monoisotopic (exact) mass is 419 g/mol. The molecule has 2 amide bonds. The van der Waals surface area contributed by atoms with Crippen LogP contribution in [0.5, 0.6) is 0 Å². The number of carbonyl (C=O) groups excluding carboxylic acids is 2. The Morgan fingerprint density at radius 2 is 1.55 bits per heavy atom. The largest absolute Gasteiger partial charge is 0.352 e. The summed E-state index contributed by atoms with van der Waals surface area (Å²) in [5.41, 5.74) is 2.57. The lowest BCUT2D eigenvalue weighted by molar-refractivity contribution is -0.132. The number of hydrogen-bond acceptors (Lipinski definition) is 3. The number of benzene rings is 2. The molecule has 5 heteroatoms. The minimum Gasteiger partial charge on any atom is -0.352 e. The van der Waals surface area contributed by atoms with Gasteiger partial charge < -0.3 is 10.2 Å². The number of nitrogens with one attached hydrogen (secondary N) is 1. The zero-order valence-corrected chi connectivity index (χ0v) is 18.2. The Hall–Kier alpha value is -2.66. The fourth-order valence-corrected chi connectivity index (χ4v) is 4.78. The molecule has 2 fully saturated rings. The van der Waals surface area contributed by atoms with Crippen LogP contribution in [0.4, 0.5) is 0 Å². The van der Waals surface area contributed by atoms with E-state index in [0.717, 1.165) is 51.9 Å². The molecule has 1 N–H and O–H groups in total. The second kappa shape index (κ2) is 10.6. The van der Waals surface area contributed by atoms with Crippen molar-refractivity contribution in [2.75, 3.05) is 32.7 Å². The topological polar surface area (TPSA) is 52.7 Å². The fourth-order valence-electron chi connectivity index (χ4n) is 4.78. The van der Waals surface area contributed by atoms with Crippen LogP contribution >= 0.6 is 0 Å². The molecule has 1 atom stereocenters. The summed E-state index contributed by atoms with van der Waals surface area (Å²) in [4.78, 5) is 29.3. The van der Waals surface area contributed by atoms with Gasteiger partial charge in [-0.1, -0.05) is 60.7 Å². The van der Waals surface area contributed by atoms with Crippen LogP contribution in [-0.2, 0) is 16.0 Å². The Balaban J connectivity index is 1.14. The molecule has 2 aliphatic rings. The van der Waals surface area contributed by atoms with Gasteiger partial charge in [-0.05, 0) is 49.3 Å². The van der Waals surface area contributed by atoms with Gasteiger partial charge in [0.2, 0.25) is 11.8 Å². The number of rotatable bonds is 7. The molecular formula is C26H33N3O2. The standard InChI is InChI=1S/C26H33N3O2/c30-25(20-28-16-13-23(19-28)22-9-5-2-6-10-22)27-24-14-17-29(18-15-24)26(31)12-11-21-7-3-1-4-8-21/h1-10,23-24H,11-20H2,(H,27,30)/t23-/m1/s1. The lowest BCUT2D eigenvalue weighted by Gasteiger charge is -2.33. The minimum absolute atomic E-state index is 0.113. The van der Waals surface area contributed by atoms with Gasteiger partial charge in [0.15, 0.2) is 0 Å². The average molecular weight is 420 g/mol. The van der Waals surface area contributed by atoms with Crippen molar-refractivity contribution < 1.29 is 9.59 Å². The molecule has 2 saturated heterocycles. The fraction of sp³-hybridized carbons (Fsp3) is 0.462. The third kappa shape index (κ3) is 6.17. The summed E-state index contributed by atoms with van der Waals surface area (Å²) in [6.07, 6.45) is 4.14. The van der Waals surface area contributed by atoms with Crippen LogP contribution in [0, 0.1) is 0 Å². The zero-order valence-electron chi connectivity index (χ0n) is 18.2. The highest BCUT2D eigenvalue weighted by Crippen LogP contribution is 2.26. The van der Waals surface area contributed by atoms with Crippen LogP contribution in [0.2, 0.25) is 0 Å². The van der Waals surface area contributed by atoms with E-state index in [1.165, 1.54) is 11.1 Å². The SMILES string of the molecule is O=C(CN1CC[C@@H](c2ccccc2)C1)NC1CCN(C(=O)CCc2ccccc2)CC1. The molecule has 0 aliphatic carbocycles. The van der Waals surface area contributed by atoms with E-state index in [4.69, 9.17) is 0 Å². The summed E-state index contributed by atoms with van der Waals surface area (Å²) < 4.78 is 0. The second-order valence-electron chi connectivity index (χ2n) is 8.84. The van der Waals surface area contributed by atoms with Crippen molar-refractivity contribution >= 4 is 11.8 Å². The Labute approximate surface area is 185 Å². The first-order valence-corrected chi connectivity index (χ1v) is 11.6. The van der Waals surface area contributed by atoms with Gasteiger partial charge in [-0.25, -0.2) is 0 Å². The predicted molar refractivity (Wildman–Crippen MR) is 123 cm³/mol. The molecule has 31 heavy (non-hydrogen) atoms. The van der Waals surface area contributed by atoms with Crippen LogP contribution < -0.4 is 5.32 Å². The van der Waals surface area contributed by atoms with Crippen molar-refractivity contribution in [1.82, 2.24) is 15.1 Å². The number of piperidine rings is 1. The molecule has 4 rings (SSSR count). The molecule has 2 heterocycles. The van der Waals surface area contributed by atoms with E-state index in [0.29, 0.717) is 18.9 Å². The maximum Gasteiger partial charge on any atom is 0.234 e. The molecule has 2 aromatic rings. The van der Waals surface area contributed by atoms with Gasteiger partial charge in [-0.3, -0.25) is 14.5 Å². The first-order chi connectivity index (χ1) is 15.2. The molecule has 0 spiro atoms. The van der Waals surface area contributed by atoms with Crippen LogP contribution in [0.15, 0.2) is 60.7 Å². The molecule has 164 valence electrons. The zero-order chi connectivity index (χ0) is 21.5. The Morgan fingerprint density at radius 3 is 2.26 bits per heavy atom.